The number of hydrogen-bond acceptors (Lipinski definition) is 2. The Morgan fingerprint density at radius 2 is 1.88 bits per heavy atom. The van der Waals surface area contributed by atoms with Crippen LogP contribution in [0.2, 0.25) is 0 Å². The number of aromatic carboxylic acids is 1. The van der Waals surface area contributed by atoms with E-state index in [1.165, 1.54) is 0 Å². The van der Waals surface area contributed by atoms with Crippen LogP contribution in [0.5, 0.6) is 0 Å². The maximum atomic E-state index is 11.1. The zero-order valence-corrected chi connectivity index (χ0v) is 9.72. The zero-order chi connectivity index (χ0) is 12.8. The lowest BCUT2D eigenvalue weighted by atomic mass is 10.2. The van der Waals surface area contributed by atoms with Gasteiger partial charge in [-0.05, 0) is 0 Å². The SMILES string of the molecule is C=CCc1nc(C(=O)O)n(CC=C)c1CC=C. The average Bonchev–Trinajstić information content (AvgIpc) is 2.60. The third kappa shape index (κ3) is 2.72. The van der Waals surface area contributed by atoms with Gasteiger partial charge in [0.15, 0.2) is 0 Å². The molecule has 0 aromatic carbocycles. The summed E-state index contributed by atoms with van der Waals surface area (Å²) in [6.45, 7) is 11.4. The van der Waals surface area contributed by atoms with Crippen molar-refractivity contribution in [3.8, 4) is 0 Å². The summed E-state index contributed by atoms with van der Waals surface area (Å²) in [7, 11) is 0. The molecule has 1 aromatic rings. The summed E-state index contributed by atoms with van der Waals surface area (Å²) in [6.07, 6.45) is 6.22. The van der Waals surface area contributed by atoms with Crippen LogP contribution >= 0.6 is 0 Å². The third-order valence-electron chi connectivity index (χ3n) is 2.33. The van der Waals surface area contributed by atoms with E-state index in [9.17, 15) is 4.79 Å². The number of carbonyl (C=O) groups is 1. The highest BCUT2D eigenvalue weighted by Crippen LogP contribution is 2.15. The number of carboxylic acid groups (broad SMARTS) is 1. The van der Waals surface area contributed by atoms with Crippen LogP contribution in [0.4, 0.5) is 0 Å². The molecule has 0 saturated carbocycles. The van der Waals surface area contributed by atoms with Gasteiger partial charge in [0.1, 0.15) is 0 Å². The predicted molar refractivity (Wildman–Crippen MR) is 67.2 cm³/mol. The Bertz CT molecular complexity index is 458. The van der Waals surface area contributed by atoms with Gasteiger partial charge in [-0.3, -0.25) is 0 Å². The standard InChI is InChI=1S/C13H16N2O2/c1-4-7-10-11(8-5-2)15(9-6-3)12(14-10)13(16)17/h4-6H,1-3,7-9H2,(H,16,17). The quantitative estimate of drug-likeness (QED) is 0.733. The van der Waals surface area contributed by atoms with Gasteiger partial charge < -0.3 is 9.67 Å². The largest absolute Gasteiger partial charge is 0.475 e. The van der Waals surface area contributed by atoms with Crippen molar-refractivity contribution in [2.24, 2.45) is 0 Å². The number of rotatable bonds is 7. The molecule has 0 aliphatic rings. The molecule has 1 rings (SSSR count). The van der Waals surface area contributed by atoms with E-state index >= 15 is 0 Å². The van der Waals surface area contributed by atoms with Crippen LogP contribution in [0.25, 0.3) is 0 Å². The Morgan fingerprint density at radius 3 is 2.35 bits per heavy atom. The summed E-state index contributed by atoms with van der Waals surface area (Å²) >= 11 is 0. The van der Waals surface area contributed by atoms with Crippen LogP contribution in [-0.4, -0.2) is 20.6 Å². The smallest absolute Gasteiger partial charge is 0.372 e. The molecule has 0 aliphatic heterocycles. The van der Waals surface area contributed by atoms with Gasteiger partial charge in [-0.25, -0.2) is 9.78 Å². The van der Waals surface area contributed by atoms with Gasteiger partial charge in [0.05, 0.1) is 5.69 Å². The maximum absolute atomic E-state index is 11.1. The Morgan fingerprint density at radius 1 is 1.24 bits per heavy atom. The van der Waals surface area contributed by atoms with Crippen molar-refractivity contribution in [1.82, 2.24) is 9.55 Å². The molecule has 90 valence electrons. The molecule has 4 heteroatoms. The Balaban J connectivity index is 3.35. The van der Waals surface area contributed by atoms with Gasteiger partial charge in [0.2, 0.25) is 5.82 Å². The fourth-order valence-electron chi connectivity index (χ4n) is 1.69. The summed E-state index contributed by atoms with van der Waals surface area (Å²) in [6, 6.07) is 0. The molecule has 0 unspecified atom stereocenters. The Hall–Kier alpha value is -2.10. The van der Waals surface area contributed by atoms with E-state index in [1.54, 1.807) is 22.8 Å². The molecule has 4 nitrogen and oxygen atoms in total. The molecule has 1 N–H and O–H groups in total. The summed E-state index contributed by atoms with van der Waals surface area (Å²) < 4.78 is 1.65. The van der Waals surface area contributed by atoms with E-state index in [4.69, 9.17) is 5.11 Å². The van der Waals surface area contributed by atoms with Crippen molar-refractivity contribution in [1.29, 1.82) is 0 Å². The van der Waals surface area contributed by atoms with Gasteiger partial charge in [-0.15, -0.1) is 19.7 Å². The molecule has 0 aliphatic carbocycles. The topological polar surface area (TPSA) is 55.1 Å². The summed E-state index contributed by atoms with van der Waals surface area (Å²) in [4.78, 5) is 15.2. The molecule has 0 radical (unpaired) electrons. The lowest BCUT2D eigenvalue weighted by Gasteiger charge is -2.06. The molecular weight excluding hydrogens is 216 g/mol. The minimum absolute atomic E-state index is 0.0404. The number of aromatic nitrogens is 2. The first-order valence-electron chi connectivity index (χ1n) is 5.29. The average molecular weight is 232 g/mol. The van der Waals surface area contributed by atoms with Crippen LogP contribution in [-0.2, 0) is 19.4 Å². The molecule has 0 spiro atoms. The van der Waals surface area contributed by atoms with Crippen LogP contribution in [0, 0.1) is 0 Å². The predicted octanol–water partition coefficient (Wildman–Crippen LogP) is 2.22. The number of nitrogens with zero attached hydrogens (tertiary/aromatic N) is 2. The number of carboxylic acids is 1. The van der Waals surface area contributed by atoms with Crippen molar-refractivity contribution in [2.45, 2.75) is 19.4 Å². The van der Waals surface area contributed by atoms with Crippen molar-refractivity contribution in [3.05, 3.63) is 55.2 Å². The molecular formula is C13H16N2O2. The zero-order valence-electron chi connectivity index (χ0n) is 9.72. The van der Waals surface area contributed by atoms with Crippen molar-refractivity contribution >= 4 is 5.97 Å². The van der Waals surface area contributed by atoms with Gasteiger partial charge in [-0.2, -0.15) is 0 Å². The third-order valence-corrected chi connectivity index (χ3v) is 2.33. The monoisotopic (exact) mass is 232 g/mol. The van der Waals surface area contributed by atoms with E-state index in [1.807, 2.05) is 0 Å². The first-order valence-corrected chi connectivity index (χ1v) is 5.29. The van der Waals surface area contributed by atoms with E-state index in [2.05, 4.69) is 24.7 Å². The maximum Gasteiger partial charge on any atom is 0.372 e. The number of imidazole rings is 1. The molecule has 1 heterocycles. The lowest BCUT2D eigenvalue weighted by molar-refractivity contribution is 0.0678. The van der Waals surface area contributed by atoms with Crippen molar-refractivity contribution in [2.75, 3.05) is 0 Å². The highest BCUT2D eigenvalue weighted by Gasteiger charge is 2.19. The van der Waals surface area contributed by atoms with Gasteiger partial charge in [0.25, 0.3) is 0 Å². The fourth-order valence-corrected chi connectivity index (χ4v) is 1.69. The van der Waals surface area contributed by atoms with E-state index in [-0.39, 0.29) is 5.82 Å². The second-order valence-electron chi connectivity index (χ2n) is 3.52. The van der Waals surface area contributed by atoms with Crippen LogP contribution in [0.15, 0.2) is 38.0 Å². The second-order valence-corrected chi connectivity index (χ2v) is 3.52. The molecule has 0 fully saturated rings. The number of allylic oxidation sites excluding steroid dienone is 3. The van der Waals surface area contributed by atoms with Crippen molar-refractivity contribution in [3.63, 3.8) is 0 Å². The second kappa shape index (κ2) is 5.84. The lowest BCUT2D eigenvalue weighted by Crippen LogP contribution is -2.11. The molecule has 0 amide bonds. The summed E-state index contributed by atoms with van der Waals surface area (Å²) in [5, 5.41) is 9.10. The van der Waals surface area contributed by atoms with E-state index in [0.717, 1.165) is 11.4 Å². The fraction of sp³-hybridized carbons (Fsp3) is 0.231. The van der Waals surface area contributed by atoms with Crippen LogP contribution < -0.4 is 0 Å². The first kappa shape index (κ1) is 13.0. The molecule has 0 bridgehead atoms. The van der Waals surface area contributed by atoms with Gasteiger partial charge in [0, 0.05) is 25.1 Å². The van der Waals surface area contributed by atoms with E-state index < -0.39 is 5.97 Å². The van der Waals surface area contributed by atoms with Gasteiger partial charge >= 0.3 is 5.97 Å². The molecule has 0 atom stereocenters. The molecule has 1 aromatic heterocycles. The number of hydrogen-bond donors (Lipinski definition) is 1. The Kier molecular flexibility index (Phi) is 4.46. The highest BCUT2D eigenvalue weighted by molar-refractivity contribution is 5.84. The minimum Gasteiger partial charge on any atom is -0.475 e. The highest BCUT2D eigenvalue weighted by atomic mass is 16.4. The van der Waals surface area contributed by atoms with Crippen LogP contribution in [0.3, 0.4) is 0 Å². The molecule has 0 saturated heterocycles. The normalized spacial score (nSPS) is 9.88. The Labute approximate surface area is 101 Å². The minimum atomic E-state index is -1.03. The van der Waals surface area contributed by atoms with Crippen LogP contribution in [0.1, 0.15) is 22.0 Å². The van der Waals surface area contributed by atoms with Crippen molar-refractivity contribution < 1.29 is 9.90 Å². The van der Waals surface area contributed by atoms with E-state index in [0.29, 0.717) is 19.4 Å². The molecule has 17 heavy (non-hydrogen) atoms. The van der Waals surface area contributed by atoms with Gasteiger partial charge in [-0.1, -0.05) is 18.2 Å². The summed E-state index contributed by atoms with van der Waals surface area (Å²) in [5.41, 5.74) is 1.59. The first-order chi connectivity index (χ1) is 8.15. The summed E-state index contributed by atoms with van der Waals surface area (Å²) in [5.74, 6) is -0.994.